The third kappa shape index (κ3) is 3.28. The smallest absolute Gasteiger partial charge is 0.272 e. The Kier molecular flexibility index (Phi) is 4.85. The fraction of sp³-hybridized carbons (Fsp3) is 0.444. The maximum Gasteiger partial charge on any atom is 0.272 e. The minimum atomic E-state index is -0.948. The number of carbonyl (C=O) groups excluding carboxylic acids is 1. The van der Waals surface area contributed by atoms with Gasteiger partial charge in [-0.1, -0.05) is 6.92 Å². The lowest BCUT2D eigenvalue weighted by molar-refractivity contribution is 0.0910. The quantitative estimate of drug-likeness (QED) is 0.871. The van der Waals surface area contributed by atoms with Gasteiger partial charge in [0.15, 0.2) is 17.3 Å². The molecule has 3 rings (SSSR count). The number of fused-ring (bicyclic) bond motifs is 1. The van der Waals surface area contributed by atoms with Crippen molar-refractivity contribution in [2.24, 2.45) is 5.92 Å². The molecule has 25 heavy (non-hydrogen) atoms. The van der Waals surface area contributed by atoms with Crippen molar-refractivity contribution in [1.82, 2.24) is 15.1 Å². The first-order valence-corrected chi connectivity index (χ1v) is 8.40. The average Bonchev–Trinajstić information content (AvgIpc) is 3.18. The van der Waals surface area contributed by atoms with Gasteiger partial charge < -0.3 is 10.4 Å². The van der Waals surface area contributed by atoms with Crippen LogP contribution in [0.1, 0.15) is 42.0 Å². The molecule has 1 aromatic heterocycles. The number of amides is 1. The number of hydrogen-bond donors (Lipinski definition) is 2. The molecule has 0 aliphatic heterocycles. The third-order valence-corrected chi connectivity index (χ3v) is 4.79. The number of benzene rings is 1. The fourth-order valence-corrected chi connectivity index (χ4v) is 3.03. The molecule has 0 bridgehead atoms. The molecule has 0 spiro atoms. The molecule has 1 heterocycles. The summed E-state index contributed by atoms with van der Waals surface area (Å²) < 4.78 is 28.3. The van der Waals surface area contributed by atoms with Gasteiger partial charge >= 0.3 is 0 Å². The molecular formula is C18H21F2N3O2. The van der Waals surface area contributed by atoms with E-state index in [-0.39, 0.29) is 24.5 Å². The maximum absolute atomic E-state index is 13.6. The first-order chi connectivity index (χ1) is 11.9. The van der Waals surface area contributed by atoms with Gasteiger partial charge in [-0.25, -0.2) is 13.5 Å². The molecule has 2 atom stereocenters. The highest BCUT2D eigenvalue weighted by atomic mass is 19.2. The summed E-state index contributed by atoms with van der Waals surface area (Å²) >= 11 is 0. The molecule has 134 valence electrons. The molecular weight excluding hydrogens is 328 g/mol. The van der Waals surface area contributed by atoms with E-state index in [1.54, 1.807) is 0 Å². The van der Waals surface area contributed by atoms with Crippen molar-refractivity contribution in [1.29, 1.82) is 0 Å². The summed E-state index contributed by atoms with van der Waals surface area (Å²) in [7, 11) is 0. The van der Waals surface area contributed by atoms with Crippen LogP contribution in [0.25, 0.3) is 5.69 Å². The lowest BCUT2D eigenvalue weighted by Gasteiger charge is -2.18. The van der Waals surface area contributed by atoms with Gasteiger partial charge in [-0.05, 0) is 44.2 Å². The summed E-state index contributed by atoms with van der Waals surface area (Å²) in [5.74, 6) is -2.26. The number of aliphatic hydroxyl groups is 1. The second-order valence-electron chi connectivity index (χ2n) is 6.56. The summed E-state index contributed by atoms with van der Waals surface area (Å²) in [6, 6.07) is 3.38. The van der Waals surface area contributed by atoms with E-state index in [2.05, 4.69) is 10.4 Å². The van der Waals surface area contributed by atoms with Gasteiger partial charge in [-0.3, -0.25) is 4.79 Å². The predicted molar refractivity (Wildman–Crippen MR) is 88.7 cm³/mol. The number of aromatic nitrogens is 2. The first kappa shape index (κ1) is 17.5. The van der Waals surface area contributed by atoms with Crippen LogP contribution in [-0.2, 0) is 12.8 Å². The van der Waals surface area contributed by atoms with Gasteiger partial charge in [-0.15, -0.1) is 0 Å². The first-order valence-electron chi connectivity index (χ1n) is 8.40. The Morgan fingerprint density at radius 3 is 2.76 bits per heavy atom. The van der Waals surface area contributed by atoms with E-state index in [4.69, 9.17) is 0 Å². The second-order valence-corrected chi connectivity index (χ2v) is 6.56. The van der Waals surface area contributed by atoms with E-state index in [9.17, 15) is 18.7 Å². The lowest BCUT2D eigenvalue weighted by atomic mass is 10.0. The zero-order valence-electron chi connectivity index (χ0n) is 14.2. The highest BCUT2D eigenvalue weighted by Crippen LogP contribution is 2.28. The number of carbonyl (C=O) groups is 1. The Morgan fingerprint density at radius 2 is 2.08 bits per heavy atom. The zero-order valence-corrected chi connectivity index (χ0v) is 14.2. The van der Waals surface area contributed by atoms with Crippen LogP contribution in [0, 0.1) is 17.6 Å². The molecule has 2 aromatic rings. The van der Waals surface area contributed by atoms with Crippen molar-refractivity contribution in [2.75, 3.05) is 6.61 Å². The molecule has 1 aliphatic rings. The van der Waals surface area contributed by atoms with E-state index in [1.165, 1.54) is 10.7 Å². The Morgan fingerprint density at radius 1 is 1.32 bits per heavy atom. The summed E-state index contributed by atoms with van der Waals surface area (Å²) in [5.41, 5.74) is 2.42. The lowest BCUT2D eigenvalue weighted by Crippen LogP contribution is -2.38. The molecule has 0 saturated carbocycles. The number of hydrogen-bond acceptors (Lipinski definition) is 3. The number of nitrogens with zero attached hydrogens (tertiary/aromatic N) is 2. The Labute approximate surface area is 144 Å². The van der Waals surface area contributed by atoms with Crippen LogP contribution >= 0.6 is 0 Å². The van der Waals surface area contributed by atoms with Crippen molar-refractivity contribution in [3.05, 3.63) is 46.8 Å². The van der Waals surface area contributed by atoms with Crippen molar-refractivity contribution >= 4 is 5.91 Å². The van der Waals surface area contributed by atoms with Crippen LogP contribution in [0.4, 0.5) is 8.78 Å². The SMILES string of the molecule is CC(CO)C(C)NC(=O)c1nn(-c2ccc(F)c(F)c2)c2c1CCC2. The largest absolute Gasteiger partial charge is 0.396 e. The van der Waals surface area contributed by atoms with Crippen molar-refractivity contribution in [2.45, 2.75) is 39.2 Å². The molecule has 1 amide bonds. The zero-order chi connectivity index (χ0) is 18.1. The van der Waals surface area contributed by atoms with Crippen LogP contribution in [0.3, 0.4) is 0 Å². The van der Waals surface area contributed by atoms with Gasteiger partial charge in [0, 0.05) is 30.0 Å². The van der Waals surface area contributed by atoms with Crippen molar-refractivity contribution in [3.8, 4) is 5.69 Å². The second kappa shape index (κ2) is 6.92. The van der Waals surface area contributed by atoms with Crippen LogP contribution in [0.2, 0.25) is 0 Å². The highest BCUT2D eigenvalue weighted by molar-refractivity contribution is 5.94. The number of aliphatic hydroxyl groups excluding tert-OH is 1. The number of nitrogens with one attached hydrogen (secondary N) is 1. The summed E-state index contributed by atoms with van der Waals surface area (Å²) in [5, 5.41) is 16.4. The minimum absolute atomic E-state index is 0.0249. The minimum Gasteiger partial charge on any atom is -0.396 e. The molecule has 2 N–H and O–H groups in total. The molecule has 1 aromatic carbocycles. The van der Waals surface area contributed by atoms with Gasteiger partial charge in [0.2, 0.25) is 0 Å². The third-order valence-electron chi connectivity index (χ3n) is 4.79. The topological polar surface area (TPSA) is 67.2 Å². The monoisotopic (exact) mass is 349 g/mol. The van der Waals surface area contributed by atoms with Crippen molar-refractivity contribution < 1.29 is 18.7 Å². The molecule has 2 unspecified atom stereocenters. The standard InChI is InChI=1S/C18H21F2N3O2/c1-10(9-24)11(2)21-18(25)17-13-4-3-5-16(13)23(22-17)12-6-7-14(19)15(20)8-12/h6-8,10-11,24H,3-5,9H2,1-2H3,(H,21,25). The summed E-state index contributed by atoms with van der Waals surface area (Å²) in [6.07, 6.45) is 2.35. The highest BCUT2D eigenvalue weighted by Gasteiger charge is 2.28. The predicted octanol–water partition coefficient (Wildman–Crippen LogP) is 2.39. The van der Waals surface area contributed by atoms with Crippen molar-refractivity contribution in [3.63, 3.8) is 0 Å². The fourth-order valence-electron chi connectivity index (χ4n) is 3.03. The van der Waals surface area contributed by atoms with Gasteiger partial charge in [-0.2, -0.15) is 5.10 Å². The van der Waals surface area contributed by atoms with Crippen LogP contribution in [0.5, 0.6) is 0 Å². The number of rotatable bonds is 5. The van der Waals surface area contributed by atoms with Gasteiger partial charge in [0.1, 0.15) is 0 Å². The average molecular weight is 349 g/mol. The normalized spacial score (nSPS) is 15.7. The number of halogens is 2. The van der Waals surface area contributed by atoms with E-state index in [1.807, 2.05) is 13.8 Å². The Balaban J connectivity index is 1.94. The Hall–Kier alpha value is -2.28. The molecule has 0 fully saturated rings. The summed E-state index contributed by atoms with van der Waals surface area (Å²) in [4.78, 5) is 12.6. The van der Waals surface area contributed by atoms with Gasteiger partial charge in [0.05, 0.1) is 5.69 Å². The van der Waals surface area contributed by atoms with E-state index in [0.717, 1.165) is 42.7 Å². The van der Waals surface area contributed by atoms with Crippen LogP contribution in [0.15, 0.2) is 18.2 Å². The van der Waals surface area contributed by atoms with E-state index in [0.29, 0.717) is 11.4 Å². The molecule has 5 nitrogen and oxygen atoms in total. The maximum atomic E-state index is 13.6. The van der Waals surface area contributed by atoms with Gasteiger partial charge in [0.25, 0.3) is 5.91 Å². The van der Waals surface area contributed by atoms with E-state index < -0.39 is 11.6 Å². The Bertz CT molecular complexity index is 804. The molecule has 0 saturated heterocycles. The summed E-state index contributed by atoms with van der Waals surface area (Å²) in [6.45, 7) is 3.64. The molecule has 7 heteroatoms. The van der Waals surface area contributed by atoms with Crippen LogP contribution < -0.4 is 5.32 Å². The van der Waals surface area contributed by atoms with Crippen LogP contribution in [-0.4, -0.2) is 33.4 Å². The molecule has 0 radical (unpaired) electrons. The van der Waals surface area contributed by atoms with E-state index >= 15 is 0 Å². The molecule has 1 aliphatic carbocycles.